The summed E-state index contributed by atoms with van der Waals surface area (Å²) in [5.74, 6) is 0.671. The van der Waals surface area contributed by atoms with Crippen molar-refractivity contribution < 1.29 is 9.53 Å². The SMILES string of the molecule is COc1ccccc1[C@H](CC(=O)N[C@H](C)c1ccccc1)c1c[nH]c2ccccc12. The van der Waals surface area contributed by atoms with Crippen LogP contribution < -0.4 is 10.1 Å². The molecule has 4 aromatic rings. The van der Waals surface area contributed by atoms with Crippen LogP contribution in [0.2, 0.25) is 0 Å². The third kappa shape index (κ3) is 4.08. The highest BCUT2D eigenvalue weighted by Crippen LogP contribution is 2.37. The number of carbonyl (C=O) groups is 1. The molecule has 1 heterocycles. The number of nitrogens with one attached hydrogen (secondary N) is 2. The molecule has 0 saturated carbocycles. The zero-order valence-corrected chi connectivity index (χ0v) is 17.3. The zero-order valence-electron chi connectivity index (χ0n) is 17.3. The van der Waals surface area contributed by atoms with E-state index in [-0.39, 0.29) is 17.9 Å². The van der Waals surface area contributed by atoms with Crippen LogP contribution in [0, 0.1) is 0 Å². The number of hydrogen-bond donors (Lipinski definition) is 2. The van der Waals surface area contributed by atoms with E-state index in [2.05, 4.69) is 22.4 Å². The number of para-hydroxylation sites is 2. The van der Waals surface area contributed by atoms with Gasteiger partial charge in [-0.2, -0.15) is 0 Å². The van der Waals surface area contributed by atoms with Gasteiger partial charge in [0, 0.05) is 35.0 Å². The maximum absolute atomic E-state index is 13.1. The van der Waals surface area contributed by atoms with Crippen LogP contribution in [0.4, 0.5) is 0 Å². The van der Waals surface area contributed by atoms with Crippen molar-refractivity contribution in [2.24, 2.45) is 0 Å². The molecule has 0 saturated heterocycles. The first kappa shape index (κ1) is 19.8. The number of aromatic nitrogens is 1. The minimum atomic E-state index is -0.125. The fourth-order valence-electron chi connectivity index (χ4n) is 4.03. The predicted octanol–water partition coefficient (Wildman–Crippen LogP) is 5.58. The first-order chi connectivity index (χ1) is 14.7. The van der Waals surface area contributed by atoms with Gasteiger partial charge in [-0.05, 0) is 30.2 Å². The molecule has 0 aliphatic rings. The molecule has 0 spiro atoms. The summed E-state index contributed by atoms with van der Waals surface area (Å²) in [5, 5.41) is 4.28. The Balaban J connectivity index is 1.66. The van der Waals surface area contributed by atoms with Crippen molar-refractivity contribution in [3.8, 4) is 5.75 Å². The topological polar surface area (TPSA) is 54.1 Å². The summed E-state index contributed by atoms with van der Waals surface area (Å²) in [4.78, 5) is 16.4. The van der Waals surface area contributed by atoms with Gasteiger partial charge in [-0.1, -0.05) is 66.7 Å². The summed E-state index contributed by atoms with van der Waals surface area (Å²) in [6.07, 6.45) is 2.34. The van der Waals surface area contributed by atoms with Gasteiger partial charge in [-0.25, -0.2) is 0 Å². The standard InChI is InChI=1S/C26H26N2O2/c1-18(19-10-4-3-5-11-19)28-26(29)16-22(21-13-7-9-15-25(21)30-2)23-17-27-24-14-8-6-12-20(23)24/h3-15,17-18,22,27H,16H2,1-2H3,(H,28,29)/t18-,22+/m1/s1. The van der Waals surface area contributed by atoms with Crippen LogP contribution in [0.5, 0.6) is 5.75 Å². The van der Waals surface area contributed by atoms with Gasteiger partial charge in [0.15, 0.2) is 0 Å². The van der Waals surface area contributed by atoms with Gasteiger partial charge in [0.25, 0.3) is 0 Å². The summed E-state index contributed by atoms with van der Waals surface area (Å²) in [6.45, 7) is 2.01. The normalized spacial score (nSPS) is 13.0. The Kier molecular flexibility index (Phi) is 5.84. The molecule has 4 heteroatoms. The molecular formula is C26H26N2O2. The van der Waals surface area contributed by atoms with Crippen molar-refractivity contribution in [2.75, 3.05) is 7.11 Å². The molecule has 152 valence electrons. The number of fused-ring (bicyclic) bond motifs is 1. The first-order valence-corrected chi connectivity index (χ1v) is 10.2. The van der Waals surface area contributed by atoms with E-state index in [1.54, 1.807) is 7.11 Å². The van der Waals surface area contributed by atoms with Crippen molar-refractivity contribution in [2.45, 2.75) is 25.3 Å². The molecule has 4 nitrogen and oxygen atoms in total. The lowest BCUT2D eigenvalue weighted by Crippen LogP contribution is -2.28. The van der Waals surface area contributed by atoms with Gasteiger partial charge in [0.05, 0.1) is 13.2 Å². The Morgan fingerprint density at radius 1 is 0.933 bits per heavy atom. The van der Waals surface area contributed by atoms with Crippen molar-refractivity contribution in [3.05, 3.63) is 102 Å². The van der Waals surface area contributed by atoms with E-state index in [0.717, 1.165) is 33.3 Å². The van der Waals surface area contributed by atoms with Gasteiger partial charge in [0.2, 0.25) is 5.91 Å². The van der Waals surface area contributed by atoms with Crippen LogP contribution in [0.3, 0.4) is 0 Å². The molecule has 0 bridgehead atoms. The molecule has 1 aromatic heterocycles. The quantitative estimate of drug-likeness (QED) is 0.427. The molecule has 3 aromatic carbocycles. The first-order valence-electron chi connectivity index (χ1n) is 10.2. The van der Waals surface area contributed by atoms with Crippen molar-refractivity contribution >= 4 is 16.8 Å². The van der Waals surface area contributed by atoms with Gasteiger partial charge in [-0.3, -0.25) is 4.79 Å². The Morgan fingerprint density at radius 3 is 2.43 bits per heavy atom. The lowest BCUT2D eigenvalue weighted by Gasteiger charge is -2.21. The number of carbonyl (C=O) groups excluding carboxylic acids is 1. The maximum atomic E-state index is 13.1. The molecular weight excluding hydrogens is 372 g/mol. The Hall–Kier alpha value is -3.53. The molecule has 0 fully saturated rings. The summed E-state index contributed by atoms with van der Waals surface area (Å²) < 4.78 is 5.63. The lowest BCUT2D eigenvalue weighted by atomic mass is 9.87. The largest absolute Gasteiger partial charge is 0.496 e. The third-order valence-electron chi connectivity index (χ3n) is 5.58. The number of ether oxygens (including phenoxy) is 1. The molecule has 0 aliphatic carbocycles. The van der Waals surface area contributed by atoms with Crippen LogP contribution in [0.15, 0.2) is 85.1 Å². The Morgan fingerprint density at radius 2 is 1.63 bits per heavy atom. The summed E-state index contributed by atoms with van der Waals surface area (Å²) >= 11 is 0. The predicted molar refractivity (Wildman–Crippen MR) is 121 cm³/mol. The molecule has 0 unspecified atom stereocenters. The van der Waals surface area contributed by atoms with Crippen LogP contribution in [-0.2, 0) is 4.79 Å². The number of methoxy groups -OCH3 is 1. The smallest absolute Gasteiger partial charge is 0.221 e. The minimum Gasteiger partial charge on any atom is -0.496 e. The lowest BCUT2D eigenvalue weighted by molar-refractivity contribution is -0.121. The summed E-state index contributed by atoms with van der Waals surface area (Å²) in [6, 6.07) is 26.1. The molecule has 4 rings (SSSR count). The van der Waals surface area contributed by atoms with E-state index in [1.807, 2.05) is 79.9 Å². The van der Waals surface area contributed by atoms with E-state index in [4.69, 9.17) is 4.74 Å². The highest BCUT2D eigenvalue weighted by atomic mass is 16.5. The molecule has 30 heavy (non-hydrogen) atoms. The van der Waals surface area contributed by atoms with E-state index < -0.39 is 0 Å². The van der Waals surface area contributed by atoms with Crippen molar-refractivity contribution in [1.29, 1.82) is 0 Å². The molecule has 2 atom stereocenters. The summed E-state index contributed by atoms with van der Waals surface area (Å²) in [5.41, 5.74) is 4.25. The third-order valence-corrected chi connectivity index (χ3v) is 5.58. The molecule has 2 N–H and O–H groups in total. The van der Waals surface area contributed by atoms with Crippen molar-refractivity contribution in [1.82, 2.24) is 10.3 Å². The maximum Gasteiger partial charge on any atom is 0.221 e. The van der Waals surface area contributed by atoms with Gasteiger partial charge in [-0.15, -0.1) is 0 Å². The number of aromatic amines is 1. The van der Waals surface area contributed by atoms with Gasteiger partial charge in [0.1, 0.15) is 5.75 Å². The van der Waals surface area contributed by atoms with E-state index >= 15 is 0 Å². The number of amides is 1. The second kappa shape index (κ2) is 8.87. The zero-order chi connectivity index (χ0) is 20.9. The van der Waals surface area contributed by atoms with E-state index in [1.165, 1.54) is 0 Å². The number of rotatable bonds is 7. The second-order valence-corrected chi connectivity index (χ2v) is 7.49. The second-order valence-electron chi connectivity index (χ2n) is 7.49. The van der Waals surface area contributed by atoms with Gasteiger partial charge < -0.3 is 15.0 Å². The summed E-state index contributed by atoms with van der Waals surface area (Å²) in [7, 11) is 1.67. The average Bonchev–Trinajstić information content (AvgIpc) is 3.22. The minimum absolute atomic E-state index is 0.00698. The van der Waals surface area contributed by atoms with Crippen molar-refractivity contribution in [3.63, 3.8) is 0 Å². The van der Waals surface area contributed by atoms with Crippen LogP contribution in [-0.4, -0.2) is 18.0 Å². The van der Waals surface area contributed by atoms with Crippen LogP contribution in [0.1, 0.15) is 42.0 Å². The highest BCUT2D eigenvalue weighted by Gasteiger charge is 2.24. The molecule has 1 amide bonds. The Bertz CT molecular complexity index is 1130. The Labute approximate surface area is 176 Å². The molecule has 0 radical (unpaired) electrons. The van der Waals surface area contributed by atoms with Gasteiger partial charge >= 0.3 is 0 Å². The molecule has 0 aliphatic heterocycles. The van der Waals surface area contributed by atoms with E-state index in [0.29, 0.717) is 6.42 Å². The number of H-pyrrole nitrogens is 1. The average molecular weight is 399 g/mol. The fourth-order valence-corrected chi connectivity index (χ4v) is 4.03. The highest BCUT2D eigenvalue weighted by molar-refractivity contribution is 5.86. The van der Waals surface area contributed by atoms with E-state index in [9.17, 15) is 4.79 Å². The van der Waals surface area contributed by atoms with Crippen LogP contribution in [0.25, 0.3) is 10.9 Å². The number of hydrogen-bond acceptors (Lipinski definition) is 2. The van der Waals surface area contributed by atoms with Crippen LogP contribution >= 0.6 is 0 Å². The number of benzene rings is 3. The fraction of sp³-hybridized carbons (Fsp3) is 0.192. The monoisotopic (exact) mass is 398 g/mol.